The van der Waals surface area contributed by atoms with Gasteiger partial charge in [-0.3, -0.25) is 9.78 Å². The van der Waals surface area contributed by atoms with Gasteiger partial charge in [0.05, 0.1) is 11.3 Å². The van der Waals surface area contributed by atoms with Gasteiger partial charge < -0.3 is 5.11 Å². The number of aromatic nitrogens is 2. The van der Waals surface area contributed by atoms with Gasteiger partial charge in [0.2, 0.25) is 0 Å². The zero-order valence-electron chi connectivity index (χ0n) is 20.1. The number of carbonyl (C=O) groups excluding carboxylic acids is 1. The van der Waals surface area contributed by atoms with Crippen LogP contribution in [0, 0.1) is 17.9 Å². The Morgan fingerprint density at radius 2 is 1.74 bits per heavy atom. The summed E-state index contributed by atoms with van der Waals surface area (Å²) in [4.78, 5) is 21.4. The summed E-state index contributed by atoms with van der Waals surface area (Å²) in [7, 11) is 0. The average molecular weight is 660 g/mol. The summed E-state index contributed by atoms with van der Waals surface area (Å²) in [5.41, 5.74) is 3.02. The number of aliphatic hydroxyl groups excluding tert-OH is 1. The molecular formula is C29H27IrN2O2S-. The molecule has 0 aliphatic rings. The van der Waals surface area contributed by atoms with Crippen LogP contribution in [0.3, 0.4) is 0 Å². The normalized spacial score (nSPS) is 11.5. The van der Waals surface area contributed by atoms with Gasteiger partial charge >= 0.3 is 0 Å². The van der Waals surface area contributed by atoms with Gasteiger partial charge in [-0.05, 0) is 33.3 Å². The van der Waals surface area contributed by atoms with E-state index in [1.807, 2.05) is 64.2 Å². The molecule has 5 aromatic rings. The molecule has 5 rings (SSSR count). The third kappa shape index (κ3) is 6.02. The number of ketones is 1. The maximum absolute atomic E-state index is 11.0. The Morgan fingerprint density at radius 1 is 0.971 bits per heavy atom. The van der Waals surface area contributed by atoms with Crippen molar-refractivity contribution in [2.45, 2.75) is 27.7 Å². The molecule has 6 heteroatoms. The standard InChI is InChI=1S/C20H11N2S.C9H16O2.Ir/c1-2-9-17-13(5-1)10-11-18(22-17)16-7-3-6-14-15-8-4-12-21-20(15)23-19(14)16;1-6(2)8(10)5-9(11)7(3)4;/h1-6,8-12H;5-7,10H,1-4H3;/q-1;;/b;8-5-;. The molecule has 0 spiro atoms. The van der Waals surface area contributed by atoms with Crippen molar-refractivity contribution in [3.8, 4) is 11.3 Å². The molecule has 4 nitrogen and oxygen atoms in total. The van der Waals surface area contributed by atoms with Crippen molar-refractivity contribution in [2.75, 3.05) is 0 Å². The fraction of sp³-hybridized carbons (Fsp3) is 0.207. The smallest absolute Gasteiger partial charge is 0.161 e. The zero-order valence-corrected chi connectivity index (χ0v) is 23.3. The molecule has 0 saturated carbocycles. The predicted molar refractivity (Wildman–Crippen MR) is 142 cm³/mol. The number of carbonyl (C=O) groups is 1. The van der Waals surface area contributed by atoms with Gasteiger partial charge in [0, 0.05) is 44.2 Å². The quantitative estimate of drug-likeness (QED) is 0.122. The van der Waals surface area contributed by atoms with E-state index in [1.165, 1.54) is 21.5 Å². The fourth-order valence-electron chi connectivity index (χ4n) is 3.45. The molecule has 0 aliphatic heterocycles. The molecule has 35 heavy (non-hydrogen) atoms. The van der Waals surface area contributed by atoms with Crippen molar-refractivity contribution >= 4 is 48.3 Å². The van der Waals surface area contributed by atoms with E-state index >= 15 is 0 Å². The molecule has 0 unspecified atom stereocenters. The number of pyridine rings is 2. The first-order valence-electron chi connectivity index (χ1n) is 11.3. The molecule has 0 fully saturated rings. The van der Waals surface area contributed by atoms with E-state index in [2.05, 4.69) is 41.4 Å². The van der Waals surface area contributed by atoms with Gasteiger partial charge in [-0.2, -0.15) is 11.3 Å². The Hall–Kier alpha value is -2.92. The van der Waals surface area contributed by atoms with E-state index in [1.54, 1.807) is 11.3 Å². The van der Waals surface area contributed by atoms with Gasteiger partial charge in [0.25, 0.3) is 0 Å². The van der Waals surface area contributed by atoms with Crippen LogP contribution in [0.2, 0.25) is 0 Å². The van der Waals surface area contributed by atoms with Crippen LogP contribution in [-0.2, 0) is 24.9 Å². The Balaban J connectivity index is 0.000000247. The summed E-state index contributed by atoms with van der Waals surface area (Å²) >= 11 is 1.71. The number of nitrogens with zero attached hydrogens (tertiary/aromatic N) is 2. The van der Waals surface area contributed by atoms with Gasteiger partial charge in [-0.25, -0.2) is 4.98 Å². The molecule has 3 heterocycles. The van der Waals surface area contributed by atoms with Crippen LogP contribution in [0.5, 0.6) is 0 Å². The second-order valence-corrected chi connectivity index (χ2v) is 9.72. The van der Waals surface area contributed by atoms with Crippen molar-refractivity contribution in [3.05, 3.63) is 84.8 Å². The van der Waals surface area contributed by atoms with E-state index in [-0.39, 0.29) is 43.5 Å². The van der Waals surface area contributed by atoms with E-state index in [0.29, 0.717) is 0 Å². The van der Waals surface area contributed by atoms with Crippen LogP contribution in [0.1, 0.15) is 27.7 Å². The van der Waals surface area contributed by atoms with E-state index in [0.717, 1.165) is 27.0 Å². The van der Waals surface area contributed by atoms with Gasteiger partial charge in [-0.15, -0.1) is 23.8 Å². The number of allylic oxidation sites excluding steroid dienone is 2. The van der Waals surface area contributed by atoms with Crippen LogP contribution in [-0.4, -0.2) is 20.9 Å². The van der Waals surface area contributed by atoms with Crippen molar-refractivity contribution in [2.24, 2.45) is 11.8 Å². The molecular weight excluding hydrogens is 633 g/mol. The van der Waals surface area contributed by atoms with Crippen LogP contribution >= 0.6 is 11.3 Å². The van der Waals surface area contributed by atoms with Crippen molar-refractivity contribution in [1.29, 1.82) is 0 Å². The molecule has 2 aromatic carbocycles. The van der Waals surface area contributed by atoms with E-state index < -0.39 is 0 Å². The first-order chi connectivity index (χ1) is 16.3. The number of aliphatic hydroxyl groups is 1. The molecule has 0 amide bonds. The van der Waals surface area contributed by atoms with Crippen molar-refractivity contribution in [1.82, 2.24) is 9.97 Å². The van der Waals surface area contributed by atoms with Gasteiger partial charge in [-0.1, -0.05) is 69.5 Å². The molecule has 1 N–H and O–H groups in total. The molecule has 1 radical (unpaired) electrons. The minimum Gasteiger partial charge on any atom is -0.512 e. The molecule has 0 aliphatic carbocycles. The number of hydrogen-bond donors (Lipinski definition) is 1. The summed E-state index contributed by atoms with van der Waals surface area (Å²) < 4.78 is 1.20. The molecule has 0 atom stereocenters. The van der Waals surface area contributed by atoms with Crippen LogP contribution in [0.4, 0.5) is 0 Å². The number of thiophene rings is 1. The third-order valence-corrected chi connectivity index (χ3v) is 6.66. The average Bonchev–Trinajstić information content (AvgIpc) is 3.23. The van der Waals surface area contributed by atoms with E-state index in [9.17, 15) is 9.90 Å². The Bertz CT molecular complexity index is 1500. The maximum atomic E-state index is 11.0. The molecule has 3 aromatic heterocycles. The minimum absolute atomic E-state index is 0. The Labute approximate surface area is 223 Å². The first-order valence-corrected chi connectivity index (χ1v) is 12.1. The topological polar surface area (TPSA) is 63.1 Å². The maximum Gasteiger partial charge on any atom is 0.161 e. The van der Waals surface area contributed by atoms with Gasteiger partial charge in [0.15, 0.2) is 5.78 Å². The van der Waals surface area contributed by atoms with Crippen molar-refractivity contribution < 1.29 is 30.0 Å². The number of benzene rings is 2. The predicted octanol–water partition coefficient (Wildman–Crippen LogP) is 7.77. The second-order valence-electron chi connectivity index (χ2n) is 8.72. The number of para-hydroxylation sites is 1. The molecule has 0 saturated heterocycles. The molecule has 0 bridgehead atoms. The zero-order chi connectivity index (χ0) is 24.2. The monoisotopic (exact) mass is 660 g/mol. The van der Waals surface area contributed by atoms with Crippen LogP contribution in [0.25, 0.3) is 42.5 Å². The summed E-state index contributed by atoms with van der Waals surface area (Å²) in [5, 5.41) is 12.8. The first kappa shape index (κ1) is 26.7. The Morgan fingerprint density at radius 3 is 2.49 bits per heavy atom. The Kier molecular flexibility index (Phi) is 8.90. The van der Waals surface area contributed by atoms with Gasteiger partial charge in [0.1, 0.15) is 4.83 Å². The minimum atomic E-state index is -0.0316. The third-order valence-electron chi connectivity index (χ3n) is 5.51. The van der Waals surface area contributed by atoms with Crippen LogP contribution in [0.15, 0.2) is 78.7 Å². The SMILES string of the molecule is CC(C)C(=O)/C=C(\O)C(C)C.[Ir].[c-]1ccc2c(sc3ncccc32)c1-c1ccc2ccccc2n1. The van der Waals surface area contributed by atoms with E-state index in [4.69, 9.17) is 4.98 Å². The molecule has 181 valence electrons. The number of fused-ring (bicyclic) bond motifs is 4. The number of rotatable bonds is 4. The van der Waals surface area contributed by atoms with Crippen LogP contribution < -0.4 is 0 Å². The number of hydrogen-bond acceptors (Lipinski definition) is 5. The fourth-order valence-corrected chi connectivity index (χ4v) is 4.60. The summed E-state index contributed by atoms with van der Waals surface area (Å²) in [6.45, 7) is 7.32. The summed E-state index contributed by atoms with van der Waals surface area (Å²) in [6, 6.07) is 24.0. The largest absolute Gasteiger partial charge is 0.512 e. The summed E-state index contributed by atoms with van der Waals surface area (Å²) in [5.74, 6) is 0.161. The second kappa shape index (κ2) is 11.7. The van der Waals surface area contributed by atoms with Crippen molar-refractivity contribution in [3.63, 3.8) is 0 Å². The summed E-state index contributed by atoms with van der Waals surface area (Å²) in [6.07, 6.45) is 3.16.